The van der Waals surface area contributed by atoms with Gasteiger partial charge in [0.2, 0.25) is 0 Å². The maximum Gasteiger partial charge on any atom is 0.0992 e. The van der Waals surface area contributed by atoms with Crippen LogP contribution < -0.4 is 4.90 Å². The highest BCUT2D eigenvalue weighted by atomic mass is 32.1. The lowest BCUT2D eigenvalue weighted by Gasteiger charge is -2.39. The van der Waals surface area contributed by atoms with Crippen molar-refractivity contribution in [1.29, 1.82) is 5.26 Å². The number of thiophene rings is 1. The molecule has 8 aromatic carbocycles. The van der Waals surface area contributed by atoms with Crippen LogP contribution in [0.3, 0.4) is 0 Å². The Kier molecular flexibility index (Phi) is 8.14. The molecule has 2 nitrogen and oxygen atoms in total. The number of allylic oxidation sites excluding steroid dienone is 2. The normalized spacial score (nSPS) is 17.5. The summed E-state index contributed by atoms with van der Waals surface area (Å²) in [5.74, 6) is 0.289. The zero-order valence-corrected chi connectivity index (χ0v) is 34.6. The number of nitriles is 1. The van der Waals surface area contributed by atoms with Crippen molar-refractivity contribution in [2.45, 2.75) is 31.2 Å². The summed E-state index contributed by atoms with van der Waals surface area (Å²) in [6, 6.07) is 69.0. The van der Waals surface area contributed by atoms with Gasteiger partial charge in [-0.2, -0.15) is 5.26 Å². The molecule has 0 amide bonds. The van der Waals surface area contributed by atoms with Gasteiger partial charge < -0.3 is 4.90 Å². The molecule has 2 aliphatic carbocycles. The fourth-order valence-corrected chi connectivity index (χ4v) is 11.7. The molecule has 2 unspecified atom stereocenters. The predicted octanol–water partition coefficient (Wildman–Crippen LogP) is 15.4. The third-order valence-corrected chi connectivity index (χ3v) is 14.7. The minimum atomic E-state index is -0.299. The van der Waals surface area contributed by atoms with Crippen molar-refractivity contribution in [3.63, 3.8) is 0 Å². The molecule has 3 aliphatic rings. The predicted molar refractivity (Wildman–Crippen MR) is 256 cm³/mol. The molecule has 12 rings (SSSR count). The Bertz CT molecular complexity index is 3350. The molecule has 0 spiro atoms. The molecular formula is C58H40N2S. The Labute approximate surface area is 360 Å². The maximum atomic E-state index is 10.5. The van der Waals surface area contributed by atoms with E-state index in [1.807, 2.05) is 11.3 Å². The van der Waals surface area contributed by atoms with Crippen LogP contribution in [-0.2, 0) is 6.42 Å². The van der Waals surface area contributed by atoms with Crippen molar-refractivity contribution in [2.24, 2.45) is 0 Å². The van der Waals surface area contributed by atoms with Gasteiger partial charge in [-0.15, -0.1) is 11.3 Å². The van der Waals surface area contributed by atoms with E-state index < -0.39 is 0 Å². The van der Waals surface area contributed by atoms with Crippen molar-refractivity contribution in [3.05, 3.63) is 228 Å². The molecule has 0 fully saturated rings. The van der Waals surface area contributed by atoms with Crippen LogP contribution in [0.1, 0.15) is 52.6 Å². The highest BCUT2D eigenvalue weighted by Gasteiger charge is 2.46. The Balaban J connectivity index is 0.984. The van der Waals surface area contributed by atoms with Crippen molar-refractivity contribution >= 4 is 54.0 Å². The molecule has 288 valence electrons. The van der Waals surface area contributed by atoms with Gasteiger partial charge in [-0.1, -0.05) is 133 Å². The van der Waals surface area contributed by atoms with E-state index in [0.717, 1.165) is 35.1 Å². The molecule has 9 aromatic rings. The standard InChI is InChI=1S/C58H40N2S/c1-58-28-27-40(44-30-37(36-59)29-43(31-44)39-23-25-48-51(38-13-4-2-5-14-38)33-41-15-8-9-18-46(41)52(48)32-39)35-54(58)53-34-42(24-26-55(53)60(58)45-16-6-3-7-17-45)47-20-12-21-50-49-19-10-11-22-56(49)61-57(47)50/h2-27,29-32,34-35,51H,28,33H2,1H3. The van der Waals surface area contributed by atoms with Gasteiger partial charge in [0, 0.05) is 43.0 Å². The molecule has 61 heavy (non-hydrogen) atoms. The Morgan fingerprint density at radius 3 is 2.20 bits per heavy atom. The first-order valence-corrected chi connectivity index (χ1v) is 22.0. The van der Waals surface area contributed by atoms with Gasteiger partial charge in [0.05, 0.1) is 17.2 Å². The smallest absolute Gasteiger partial charge is 0.0992 e. The van der Waals surface area contributed by atoms with Crippen molar-refractivity contribution in [3.8, 4) is 39.4 Å². The van der Waals surface area contributed by atoms with Gasteiger partial charge in [0.1, 0.15) is 0 Å². The van der Waals surface area contributed by atoms with Crippen LogP contribution in [0.2, 0.25) is 0 Å². The summed E-state index contributed by atoms with van der Waals surface area (Å²) in [4.78, 5) is 2.54. The number of anilines is 2. The van der Waals surface area contributed by atoms with Crippen molar-refractivity contribution < 1.29 is 0 Å². The molecule has 2 atom stereocenters. The zero-order chi connectivity index (χ0) is 40.7. The Morgan fingerprint density at radius 1 is 0.607 bits per heavy atom. The van der Waals surface area contributed by atoms with E-state index in [-0.39, 0.29) is 11.5 Å². The first-order chi connectivity index (χ1) is 30.0. The van der Waals surface area contributed by atoms with Crippen LogP contribution in [0.15, 0.2) is 194 Å². The van der Waals surface area contributed by atoms with Crippen molar-refractivity contribution in [1.82, 2.24) is 0 Å². The van der Waals surface area contributed by atoms with Crippen LogP contribution in [0, 0.1) is 11.3 Å². The summed E-state index contributed by atoms with van der Waals surface area (Å²) in [6.07, 6.45) is 6.60. The monoisotopic (exact) mass is 796 g/mol. The van der Waals surface area contributed by atoms with Crippen LogP contribution in [-0.4, -0.2) is 5.54 Å². The average Bonchev–Trinajstić information content (AvgIpc) is 3.83. The molecule has 0 radical (unpaired) electrons. The number of hydrogen-bond acceptors (Lipinski definition) is 3. The number of benzene rings is 8. The number of para-hydroxylation sites is 1. The van der Waals surface area contributed by atoms with E-state index in [2.05, 4.69) is 212 Å². The molecule has 0 bridgehead atoms. The lowest BCUT2D eigenvalue weighted by Crippen LogP contribution is -2.40. The lowest BCUT2D eigenvalue weighted by atomic mass is 9.75. The van der Waals surface area contributed by atoms with Crippen LogP contribution in [0.4, 0.5) is 11.4 Å². The van der Waals surface area contributed by atoms with Gasteiger partial charge >= 0.3 is 0 Å². The summed E-state index contributed by atoms with van der Waals surface area (Å²) in [5.41, 5.74) is 18.9. The second-order valence-corrected chi connectivity index (χ2v) is 18.0. The molecule has 2 heterocycles. The van der Waals surface area contributed by atoms with E-state index in [9.17, 15) is 5.26 Å². The van der Waals surface area contributed by atoms with Gasteiger partial charge in [-0.25, -0.2) is 0 Å². The third-order valence-electron chi connectivity index (χ3n) is 13.4. The van der Waals surface area contributed by atoms with Crippen LogP contribution in [0.25, 0.3) is 64.7 Å². The van der Waals surface area contributed by atoms with E-state index in [1.54, 1.807) is 0 Å². The summed E-state index contributed by atoms with van der Waals surface area (Å²) >= 11 is 1.88. The van der Waals surface area contributed by atoms with E-state index >= 15 is 0 Å². The summed E-state index contributed by atoms with van der Waals surface area (Å²) in [7, 11) is 0. The molecule has 0 saturated heterocycles. The highest BCUT2D eigenvalue weighted by Crippen LogP contribution is 2.56. The molecule has 1 aromatic heterocycles. The largest absolute Gasteiger partial charge is 0.331 e. The second-order valence-electron chi connectivity index (χ2n) is 16.9. The summed E-state index contributed by atoms with van der Waals surface area (Å²) in [5, 5.41) is 13.1. The van der Waals surface area contributed by atoms with E-state index in [1.165, 1.54) is 81.6 Å². The lowest BCUT2D eigenvalue weighted by molar-refractivity contribution is 0.608. The maximum absolute atomic E-state index is 10.5. The topological polar surface area (TPSA) is 27.0 Å². The first-order valence-electron chi connectivity index (χ1n) is 21.2. The highest BCUT2D eigenvalue weighted by molar-refractivity contribution is 7.26. The Morgan fingerprint density at radius 2 is 1.33 bits per heavy atom. The van der Waals surface area contributed by atoms with Gasteiger partial charge in [0.25, 0.3) is 0 Å². The molecular weight excluding hydrogens is 757 g/mol. The summed E-state index contributed by atoms with van der Waals surface area (Å²) < 4.78 is 2.64. The number of rotatable bonds is 5. The molecule has 1 aliphatic heterocycles. The Hall–Kier alpha value is -7.25. The van der Waals surface area contributed by atoms with E-state index in [4.69, 9.17) is 0 Å². The van der Waals surface area contributed by atoms with Crippen LogP contribution >= 0.6 is 11.3 Å². The quantitative estimate of drug-likeness (QED) is 0.173. The van der Waals surface area contributed by atoms with Gasteiger partial charge in [-0.3, -0.25) is 0 Å². The van der Waals surface area contributed by atoms with Crippen LogP contribution in [0.5, 0.6) is 0 Å². The fourth-order valence-electron chi connectivity index (χ4n) is 10.5. The molecule has 3 heteroatoms. The molecule has 0 N–H and O–H groups in total. The summed E-state index contributed by atoms with van der Waals surface area (Å²) in [6.45, 7) is 2.39. The number of nitrogens with zero attached hydrogens (tertiary/aromatic N) is 2. The van der Waals surface area contributed by atoms with Gasteiger partial charge in [-0.05, 0) is 147 Å². The number of hydrogen-bond donors (Lipinski definition) is 0. The SMILES string of the molecule is CC12CC=C(c3cc(C#N)cc(-c4ccc5c(c4)-c4ccccc4CC5c4ccccc4)c3)C=C1c1cc(-c3cccc4c3sc3ccccc34)ccc1N2c1ccccc1. The first kappa shape index (κ1) is 35.7. The third kappa shape index (κ3) is 5.67. The minimum absolute atomic E-state index is 0.289. The van der Waals surface area contributed by atoms with Crippen molar-refractivity contribution in [2.75, 3.05) is 4.90 Å². The number of fused-ring (bicyclic) bond motifs is 9. The average molecular weight is 797 g/mol. The fraction of sp³-hybridized carbons (Fsp3) is 0.0862. The van der Waals surface area contributed by atoms with Gasteiger partial charge in [0.15, 0.2) is 0 Å². The van der Waals surface area contributed by atoms with E-state index in [0.29, 0.717) is 5.56 Å². The second kappa shape index (κ2) is 13.9. The molecule has 0 saturated carbocycles. The minimum Gasteiger partial charge on any atom is -0.331 e. The zero-order valence-electron chi connectivity index (χ0n) is 33.8.